The largest absolute Gasteiger partial charge is 0.323 e. The van der Waals surface area contributed by atoms with Crippen LogP contribution in [-0.2, 0) is 0 Å². The predicted molar refractivity (Wildman–Crippen MR) is 60.6 cm³/mol. The van der Waals surface area contributed by atoms with Crippen LogP contribution in [0.5, 0.6) is 0 Å². The summed E-state index contributed by atoms with van der Waals surface area (Å²) in [5.74, 6) is 0. The van der Waals surface area contributed by atoms with Crippen molar-refractivity contribution in [1.82, 2.24) is 10.3 Å². The highest BCUT2D eigenvalue weighted by atomic mass is 16.2. The Morgan fingerprint density at radius 1 is 1.53 bits per heavy atom. The van der Waals surface area contributed by atoms with Gasteiger partial charge in [0.15, 0.2) is 0 Å². The van der Waals surface area contributed by atoms with E-state index in [-0.39, 0.29) is 6.03 Å². The van der Waals surface area contributed by atoms with Gasteiger partial charge in [-0.3, -0.25) is 4.98 Å². The minimum Gasteiger partial charge on any atom is -0.315 e. The molecule has 80 valence electrons. The molecule has 4 nitrogen and oxygen atoms in total. The van der Waals surface area contributed by atoms with Crippen LogP contribution < -0.4 is 10.6 Å². The summed E-state index contributed by atoms with van der Waals surface area (Å²) < 4.78 is 0. The first kappa shape index (κ1) is 11.2. The van der Waals surface area contributed by atoms with Crippen LogP contribution in [0.4, 0.5) is 10.5 Å². The van der Waals surface area contributed by atoms with E-state index in [9.17, 15) is 4.79 Å². The molecule has 0 aromatic carbocycles. The van der Waals surface area contributed by atoms with Gasteiger partial charge in [-0.1, -0.05) is 13.0 Å². The van der Waals surface area contributed by atoms with Crippen LogP contribution in [0.15, 0.2) is 30.6 Å². The summed E-state index contributed by atoms with van der Waals surface area (Å²) >= 11 is 0. The van der Waals surface area contributed by atoms with Crippen molar-refractivity contribution in [3.8, 4) is 0 Å². The van der Waals surface area contributed by atoms with Crippen LogP contribution in [0.1, 0.15) is 19.0 Å². The van der Waals surface area contributed by atoms with Crippen molar-refractivity contribution in [3.63, 3.8) is 0 Å². The van der Waals surface area contributed by atoms with Gasteiger partial charge in [0.05, 0.1) is 11.9 Å². The summed E-state index contributed by atoms with van der Waals surface area (Å²) in [5, 5.41) is 5.25. The Balaban J connectivity index is 2.44. The Bertz CT molecular complexity index is 343. The number of nitrogens with one attached hydrogen (secondary N) is 2. The SMILES string of the molecule is CC/C=C/NC(=O)Nc1ccc(C)nc1. The molecule has 15 heavy (non-hydrogen) atoms. The molecule has 2 N–H and O–H groups in total. The van der Waals surface area contributed by atoms with Gasteiger partial charge in [-0.15, -0.1) is 0 Å². The molecule has 0 bridgehead atoms. The Morgan fingerprint density at radius 3 is 2.93 bits per heavy atom. The number of hydrogen-bond acceptors (Lipinski definition) is 2. The first-order valence-corrected chi connectivity index (χ1v) is 4.87. The van der Waals surface area contributed by atoms with Gasteiger partial charge in [-0.05, 0) is 25.5 Å². The summed E-state index contributed by atoms with van der Waals surface area (Å²) in [6.45, 7) is 3.90. The van der Waals surface area contributed by atoms with Gasteiger partial charge in [0.2, 0.25) is 0 Å². The van der Waals surface area contributed by atoms with Gasteiger partial charge in [0, 0.05) is 11.9 Å². The lowest BCUT2D eigenvalue weighted by Crippen LogP contribution is -2.23. The topological polar surface area (TPSA) is 54.0 Å². The molecule has 0 aliphatic rings. The Morgan fingerprint density at radius 2 is 2.33 bits per heavy atom. The minimum atomic E-state index is -0.259. The van der Waals surface area contributed by atoms with E-state index >= 15 is 0 Å². The molecule has 2 amide bonds. The smallest absolute Gasteiger partial charge is 0.315 e. The minimum absolute atomic E-state index is 0.259. The quantitative estimate of drug-likeness (QED) is 0.796. The molecule has 1 heterocycles. The fourth-order valence-electron chi connectivity index (χ4n) is 0.961. The number of carbonyl (C=O) groups is 1. The van der Waals surface area contributed by atoms with Gasteiger partial charge in [-0.25, -0.2) is 4.79 Å². The lowest BCUT2D eigenvalue weighted by atomic mass is 10.3. The number of urea groups is 1. The monoisotopic (exact) mass is 205 g/mol. The van der Waals surface area contributed by atoms with E-state index in [2.05, 4.69) is 15.6 Å². The number of rotatable bonds is 3. The lowest BCUT2D eigenvalue weighted by Gasteiger charge is -2.03. The number of amides is 2. The maximum absolute atomic E-state index is 11.3. The van der Waals surface area contributed by atoms with Gasteiger partial charge < -0.3 is 10.6 Å². The van der Waals surface area contributed by atoms with Crippen molar-refractivity contribution in [2.75, 3.05) is 5.32 Å². The summed E-state index contributed by atoms with van der Waals surface area (Å²) in [7, 11) is 0. The van der Waals surface area contributed by atoms with Crippen molar-refractivity contribution < 1.29 is 4.79 Å². The molecule has 0 saturated heterocycles. The summed E-state index contributed by atoms with van der Waals surface area (Å²) in [4.78, 5) is 15.3. The van der Waals surface area contributed by atoms with Crippen LogP contribution in [0.3, 0.4) is 0 Å². The van der Waals surface area contributed by atoms with E-state index in [1.54, 1.807) is 12.4 Å². The maximum Gasteiger partial charge on any atom is 0.323 e. The van der Waals surface area contributed by atoms with Crippen LogP contribution in [0.2, 0.25) is 0 Å². The molecule has 0 saturated carbocycles. The third kappa shape index (κ3) is 4.26. The number of anilines is 1. The number of allylic oxidation sites excluding steroid dienone is 1. The van der Waals surface area contributed by atoms with Crippen LogP contribution >= 0.6 is 0 Å². The van der Waals surface area contributed by atoms with E-state index in [1.165, 1.54) is 0 Å². The average Bonchev–Trinajstić information content (AvgIpc) is 2.22. The molecule has 1 rings (SSSR count). The van der Waals surface area contributed by atoms with Gasteiger partial charge >= 0.3 is 6.03 Å². The fourth-order valence-corrected chi connectivity index (χ4v) is 0.961. The average molecular weight is 205 g/mol. The van der Waals surface area contributed by atoms with Crippen molar-refractivity contribution in [2.45, 2.75) is 20.3 Å². The van der Waals surface area contributed by atoms with E-state index in [0.717, 1.165) is 12.1 Å². The third-order valence-corrected chi connectivity index (χ3v) is 1.74. The molecule has 0 aliphatic heterocycles. The van der Waals surface area contributed by atoms with Crippen molar-refractivity contribution >= 4 is 11.7 Å². The number of hydrogen-bond donors (Lipinski definition) is 2. The zero-order valence-electron chi connectivity index (χ0n) is 8.95. The zero-order chi connectivity index (χ0) is 11.1. The molecule has 1 aromatic heterocycles. The van der Waals surface area contributed by atoms with E-state index in [1.807, 2.05) is 32.1 Å². The van der Waals surface area contributed by atoms with E-state index in [4.69, 9.17) is 0 Å². The molecular weight excluding hydrogens is 190 g/mol. The molecule has 4 heteroatoms. The number of aromatic nitrogens is 1. The van der Waals surface area contributed by atoms with Crippen molar-refractivity contribution in [3.05, 3.63) is 36.3 Å². The second-order valence-corrected chi connectivity index (χ2v) is 3.10. The van der Waals surface area contributed by atoms with Crippen molar-refractivity contribution in [2.24, 2.45) is 0 Å². The van der Waals surface area contributed by atoms with Crippen molar-refractivity contribution in [1.29, 1.82) is 0 Å². The Labute approximate surface area is 89.4 Å². The highest BCUT2D eigenvalue weighted by molar-refractivity contribution is 5.89. The molecule has 0 radical (unpaired) electrons. The maximum atomic E-state index is 11.3. The van der Waals surface area contributed by atoms with E-state index < -0.39 is 0 Å². The molecule has 0 fully saturated rings. The normalized spacial score (nSPS) is 10.3. The zero-order valence-corrected chi connectivity index (χ0v) is 8.95. The standard InChI is InChI=1S/C11H15N3O/c1-3-4-7-12-11(15)14-10-6-5-9(2)13-8-10/h4-8H,3H2,1-2H3,(H2,12,14,15)/b7-4+. The summed E-state index contributed by atoms with van der Waals surface area (Å²) in [6.07, 6.45) is 6.01. The number of carbonyl (C=O) groups excluding carboxylic acids is 1. The highest BCUT2D eigenvalue weighted by Crippen LogP contribution is 2.04. The summed E-state index contributed by atoms with van der Waals surface area (Å²) in [5.41, 5.74) is 1.61. The number of pyridine rings is 1. The number of nitrogens with zero attached hydrogens (tertiary/aromatic N) is 1. The molecule has 0 unspecified atom stereocenters. The molecule has 1 aromatic rings. The molecular formula is C11H15N3O. The Hall–Kier alpha value is -1.84. The lowest BCUT2D eigenvalue weighted by molar-refractivity contribution is 0.255. The Kier molecular flexibility index (Phi) is 4.34. The third-order valence-electron chi connectivity index (χ3n) is 1.74. The first-order valence-electron chi connectivity index (χ1n) is 4.87. The van der Waals surface area contributed by atoms with Gasteiger partial charge in [-0.2, -0.15) is 0 Å². The van der Waals surface area contributed by atoms with Crippen LogP contribution in [0, 0.1) is 6.92 Å². The van der Waals surface area contributed by atoms with Gasteiger partial charge in [0.1, 0.15) is 0 Å². The van der Waals surface area contributed by atoms with E-state index in [0.29, 0.717) is 5.69 Å². The van der Waals surface area contributed by atoms with Crippen LogP contribution in [-0.4, -0.2) is 11.0 Å². The van der Waals surface area contributed by atoms with Crippen LogP contribution in [0.25, 0.3) is 0 Å². The fraction of sp³-hybridized carbons (Fsp3) is 0.273. The van der Waals surface area contributed by atoms with Gasteiger partial charge in [0.25, 0.3) is 0 Å². The summed E-state index contributed by atoms with van der Waals surface area (Å²) in [6, 6.07) is 3.40. The molecule has 0 aliphatic carbocycles. The number of aryl methyl sites for hydroxylation is 1. The second-order valence-electron chi connectivity index (χ2n) is 3.10. The predicted octanol–water partition coefficient (Wildman–Crippen LogP) is 2.44. The molecule has 0 atom stereocenters. The first-order chi connectivity index (χ1) is 7.22. The highest BCUT2D eigenvalue weighted by Gasteiger charge is 1.98. The second kappa shape index (κ2) is 5.80. The molecule has 0 spiro atoms.